The Morgan fingerprint density at radius 2 is 2.13 bits per heavy atom. The number of aliphatic hydroxyl groups is 1. The minimum absolute atomic E-state index is 0.00884. The van der Waals surface area contributed by atoms with E-state index >= 15 is 0 Å². The molecule has 3 N–H and O–H groups in total. The molecule has 0 aliphatic heterocycles. The van der Waals surface area contributed by atoms with Gasteiger partial charge in [0, 0.05) is 11.3 Å². The molecule has 0 aliphatic carbocycles. The summed E-state index contributed by atoms with van der Waals surface area (Å²) in [5.41, 5.74) is 5.92. The average Bonchev–Trinajstić information content (AvgIpc) is 2.60. The van der Waals surface area contributed by atoms with Gasteiger partial charge in [-0.05, 0) is 26.0 Å². The first-order chi connectivity index (χ1) is 7.04. The van der Waals surface area contributed by atoms with Crippen LogP contribution in [0.3, 0.4) is 0 Å². The minimum Gasteiger partial charge on any atom is -0.465 e. The van der Waals surface area contributed by atoms with Crippen molar-refractivity contribution in [2.24, 2.45) is 5.73 Å². The van der Waals surface area contributed by atoms with Gasteiger partial charge in [-0.15, -0.1) is 11.8 Å². The lowest BCUT2D eigenvalue weighted by Crippen LogP contribution is -2.24. The van der Waals surface area contributed by atoms with Crippen LogP contribution in [0.1, 0.15) is 30.6 Å². The molecule has 1 rings (SSSR count). The fraction of sp³-hybridized carbons (Fsp3) is 0.636. The van der Waals surface area contributed by atoms with Gasteiger partial charge in [0.05, 0.1) is 11.9 Å². The highest BCUT2D eigenvalue weighted by Crippen LogP contribution is 2.35. The van der Waals surface area contributed by atoms with Crippen LogP contribution in [-0.2, 0) is 0 Å². The van der Waals surface area contributed by atoms with Gasteiger partial charge in [-0.2, -0.15) is 0 Å². The molecule has 0 saturated carbocycles. The van der Waals surface area contributed by atoms with Crippen LogP contribution in [0, 0.1) is 6.92 Å². The maximum Gasteiger partial charge on any atom is 0.118 e. The third-order valence-corrected chi connectivity index (χ3v) is 3.72. The van der Waals surface area contributed by atoms with E-state index in [1.807, 2.05) is 32.9 Å². The summed E-state index contributed by atoms with van der Waals surface area (Å²) in [6.45, 7) is 6.02. The predicted octanol–water partition coefficient (Wildman–Crippen LogP) is 2.09. The Hall–Kier alpha value is -0.450. The van der Waals surface area contributed by atoms with Gasteiger partial charge >= 0.3 is 0 Å². The van der Waals surface area contributed by atoms with Crippen LogP contribution < -0.4 is 5.73 Å². The second-order valence-corrected chi connectivity index (χ2v) is 5.44. The first kappa shape index (κ1) is 12.6. The maximum atomic E-state index is 9.03. The number of aryl methyl sites for hydroxylation is 1. The summed E-state index contributed by atoms with van der Waals surface area (Å²) in [7, 11) is 0. The zero-order valence-corrected chi connectivity index (χ0v) is 10.3. The van der Waals surface area contributed by atoms with Crippen LogP contribution in [0.5, 0.6) is 0 Å². The highest BCUT2D eigenvalue weighted by atomic mass is 32.2. The first-order valence-electron chi connectivity index (χ1n) is 5.12. The Kier molecular flexibility index (Phi) is 4.70. The first-order valence-corrected chi connectivity index (χ1v) is 6.07. The third-order valence-electron chi connectivity index (χ3n) is 2.16. The van der Waals surface area contributed by atoms with Gasteiger partial charge in [-0.1, -0.05) is 6.92 Å². The van der Waals surface area contributed by atoms with E-state index in [0.29, 0.717) is 0 Å². The summed E-state index contributed by atoms with van der Waals surface area (Å²) in [5.74, 6) is 1.79. The van der Waals surface area contributed by atoms with E-state index < -0.39 is 0 Å². The molecule has 0 spiro atoms. The summed E-state index contributed by atoms with van der Waals surface area (Å²) in [5, 5.41) is 9.31. The number of furan rings is 1. The zero-order chi connectivity index (χ0) is 11.4. The summed E-state index contributed by atoms with van der Waals surface area (Å²) in [6.07, 6.45) is 0. The van der Waals surface area contributed by atoms with E-state index in [1.54, 1.807) is 11.8 Å². The molecular formula is C11H19NO2S. The minimum atomic E-state index is 0.00884. The van der Waals surface area contributed by atoms with Crippen molar-refractivity contribution in [3.8, 4) is 0 Å². The average molecular weight is 229 g/mol. The molecule has 0 bridgehead atoms. The SMILES string of the molecule is Cc1ccc(C(SC(C)CO)C(C)N)o1. The van der Waals surface area contributed by atoms with E-state index in [1.165, 1.54) is 0 Å². The molecular weight excluding hydrogens is 210 g/mol. The molecule has 0 aliphatic rings. The van der Waals surface area contributed by atoms with Gasteiger partial charge in [0.2, 0.25) is 0 Å². The Bertz CT molecular complexity index is 299. The monoisotopic (exact) mass is 229 g/mol. The van der Waals surface area contributed by atoms with Crippen LogP contribution in [0.4, 0.5) is 0 Å². The molecule has 1 heterocycles. The Balaban J connectivity index is 2.74. The Labute approximate surface area is 95.0 Å². The number of hydrogen-bond donors (Lipinski definition) is 2. The number of nitrogens with two attached hydrogens (primary N) is 1. The van der Waals surface area contributed by atoms with E-state index in [9.17, 15) is 0 Å². The topological polar surface area (TPSA) is 59.4 Å². The van der Waals surface area contributed by atoms with Gasteiger partial charge in [0.15, 0.2) is 0 Å². The van der Waals surface area contributed by atoms with Crippen molar-refractivity contribution >= 4 is 11.8 Å². The highest BCUT2D eigenvalue weighted by molar-refractivity contribution is 8.00. The third kappa shape index (κ3) is 3.55. The van der Waals surface area contributed by atoms with Gasteiger partial charge in [-0.25, -0.2) is 0 Å². The standard InChI is InChI=1S/C11H19NO2S/c1-7-4-5-10(14-7)11(9(3)12)15-8(2)6-13/h4-5,8-9,11,13H,6,12H2,1-3H3. The highest BCUT2D eigenvalue weighted by Gasteiger charge is 2.22. The van der Waals surface area contributed by atoms with Gasteiger partial charge in [0.1, 0.15) is 11.5 Å². The molecule has 86 valence electrons. The number of rotatable bonds is 5. The van der Waals surface area contributed by atoms with Crippen molar-refractivity contribution in [1.82, 2.24) is 0 Å². The predicted molar refractivity (Wildman–Crippen MR) is 64.0 cm³/mol. The lowest BCUT2D eigenvalue weighted by atomic mass is 10.2. The molecule has 1 aromatic heterocycles. The number of aliphatic hydroxyl groups excluding tert-OH is 1. The lowest BCUT2D eigenvalue weighted by molar-refractivity contribution is 0.299. The quantitative estimate of drug-likeness (QED) is 0.811. The fourth-order valence-corrected chi connectivity index (χ4v) is 2.45. The van der Waals surface area contributed by atoms with E-state index in [0.717, 1.165) is 11.5 Å². The summed E-state index contributed by atoms with van der Waals surface area (Å²) < 4.78 is 5.57. The van der Waals surface area contributed by atoms with Gasteiger partial charge < -0.3 is 15.3 Å². The molecule has 3 nitrogen and oxygen atoms in total. The van der Waals surface area contributed by atoms with E-state index in [-0.39, 0.29) is 23.1 Å². The van der Waals surface area contributed by atoms with Crippen molar-refractivity contribution in [3.05, 3.63) is 23.7 Å². The molecule has 3 unspecified atom stereocenters. The van der Waals surface area contributed by atoms with E-state index in [4.69, 9.17) is 15.3 Å². The van der Waals surface area contributed by atoms with Crippen LogP contribution in [0.15, 0.2) is 16.5 Å². The van der Waals surface area contributed by atoms with Crippen LogP contribution in [-0.4, -0.2) is 23.0 Å². The van der Waals surface area contributed by atoms with Crippen molar-refractivity contribution in [3.63, 3.8) is 0 Å². The smallest absolute Gasteiger partial charge is 0.118 e. The van der Waals surface area contributed by atoms with Crippen molar-refractivity contribution in [2.45, 2.75) is 37.3 Å². The molecule has 0 fully saturated rings. The summed E-state index contributed by atoms with van der Waals surface area (Å²) in [6, 6.07) is 3.91. The molecule has 0 amide bonds. The Morgan fingerprint density at radius 3 is 2.53 bits per heavy atom. The fourth-order valence-electron chi connectivity index (χ4n) is 1.35. The molecule has 0 saturated heterocycles. The Morgan fingerprint density at radius 1 is 1.47 bits per heavy atom. The molecule has 0 radical (unpaired) electrons. The van der Waals surface area contributed by atoms with Crippen LogP contribution in [0.2, 0.25) is 0 Å². The van der Waals surface area contributed by atoms with Crippen molar-refractivity contribution < 1.29 is 9.52 Å². The van der Waals surface area contributed by atoms with Crippen molar-refractivity contribution in [1.29, 1.82) is 0 Å². The largest absolute Gasteiger partial charge is 0.465 e. The van der Waals surface area contributed by atoms with Crippen molar-refractivity contribution in [2.75, 3.05) is 6.61 Å². The van der Waals surface area contributed by atoms with Gasteiger partial charge in [-0.3, -0.25) is 0 Å². The molecule has 15 heavy (non-hydrogen) atoms. The van der Waals surface area contributed by atoms with Crippen LogP contribution in [0.25, 0.3) is 0 Å². The number of hydrogen-bond acceptors (Lipinski definition) is 4. The maximum absolute atomic E-state index is 9.03. The molecule has 1 aromatic rings. The molecule has 3 atom stereocenters. The van der Waals surface area contributed by atoms with Gasteiger partial charge in [0.25, 0.3) is 0 Å². The second-order valence-electron chi connectivity index (χ2n) is 3.86. The lowest BCUT2D eigenvalue weighted by Gasteiger charge is -2.21. The van der Waals surface area contributed by atoms with Crippen LogP contribution >= 0.6 is 11.8 Å². The molecule has 0 aromatic carbocycles. The number of thioether (sulfide) groups is 1. The summed E-state index contributed by atoms with van der Waals surface area (Å²) >= 11 is 1.65. The molecule has 4 heteroatoms. The van der Waals surface area contributed by atoms with E-state index in [2.05, 4.69) is 0 Å². The normalized spacial score (nSPS) is 17.4. The second kappa shape index (κ2) is 5.58. The zero-order valence-electron chi connectivity index (χ0n) is 9.43. The summed E-state index contributed by atoms with van der Waals surface area (Å²) in [4.78, 5) is 0.